The number of anilines is 1. The Balaban J connectivity index is 1.39. The summed E-state index contributed by atoms with van der Waals surface area (Å²) in [5.74, 6) is -0.537. The second-order valence-corrected chi connectivity index (χ2v) is 7.78. The number of fused-ring (bicyclic) bond motifs is 1. The highest BCUT2D eigenvalue weighted by Crippen LogP contribution is 2.30. The molecule has 132 valence electrons. The zero-order valence-corrected chi connectivity index (χ0v) is 14.9. The van der Waals surface area contributed by atoms with Gasteiger partial charge in [0.15, 0.2) is 5.13 Å². The number of hydrogen-bond donors (Lipinski definition) is 1. The van der Waals surface area contributed by atoms with Crippen molar-refractivity contribution in [2.24, 2.45) is 5.92 Å². The first-order chi connectivity index (χ1) is 12.5. The van der Waals surface area contributed by atoms with Crippen molar-refractivity contribution in [1.29, 1.82) is 0 Å². The molecule has 0 radical (unpaired) electrons. The predicted octanol–water partition coefficient (Wildman–Crippen LogP) is 2.98. The molecule has 0 bridgehead atoms. The van der Waals surface area contributed by atoms with Gasteiger partial charge in [0.2, 0.25) is 5.91 Å². The van der Waals surface area contributed by atoms with Crippen LogP contribution in [0.4, 0.5) is 10.8 Å². The van der Waals surface area contributed by atoms with Gasteiger partial charge in [-0.05, 0) is 17.5 Å². The molecule has 1 aromatic carbocycles. The average Bonchev–Trinajstić information content (AvgIpc) is 3.21. The number of rotatable bonds is 4. The van der Waals surface area contributed by atoms with Gasteiger partial charge in [0.25, 0.3) is 11.6 Å². The molecule has 1 fully saturated rings. The smallest absolute Gasteiger partial charge is 0.270 e. The Labute approximate surface area is 155 Å². The van der Waals surface area contributed by atoms with Crippen LogP contribution in [0.25, 0.3) is 10.2 Å². The number of amides is 2. The second-order valence-electron chi connectivity index (χ2n) is 5.80. The van der Waals surface area contributed by atoms with E-state index in [0.717, 1.165) is 0 Å². The zero-order chi connectivity index (χ0) is 18.3. The Morgan fingerprint density at radius 1 is 1.31 bits per heavy atom. The molecule has 3 aromatic rings. The van der Waals surface area contributed by atoms with E-state index in [4.69, 9.17) is 0 Å². The van der Waals surface area contributed by atoms with Crippen LogP contribution in [0.5, 0.6) is 0 Å². The maximum Gasteiger partial charge on any atom is 0.270 e. The van der Waals surface area contributed by atoms with Crippen LogP contribution in [-0.2, 0) is 4.79 Å². The van der Waals surface area contributed by atoms with Crippen molar-refractivity contribution in [2.75, 3.05) is 18.4 Å². The fourth-order valence-electron chi connectivity index (χ4n) is 2.65. The third-order valence-corrected chi connectivity index (χ3v) is 5.88. The van der Waals surface area contributed by atoms with Gasteiger partial charge < -0.3 is 10.2 Å². The van der Waals surface area contributed by atoms with Crippen molar-refractivity contribution in [2.45, 2.75) is 0 Å². The zero-order valence-electron chi connectivity index (χ0n) is 13.2. The Hall–Kier alpha value is -2.85. The topological polar surface area (TPSA) is 105 Å². The number of nitrogens with zero attached hydrogens (tertiary/aromatic N) is 3. The number of non-ortho nitro benzene ring substituents is 1. The molecule has 3 heterocycles. The SMILES string of the molecule is O=C(Nc1nc2ccc([N+](=O)[O-])cc2s1)C1CN(C(=O)c2cccs2)C1. The molecule has 1 aliphatic rings. The van der Waals surface area contributed by atoms with E-state index in [1.54, 1.807) is 17.0 Å². The summed E-state index contributed by atoms with van der Waals surface area (Å²) in [5.41, 5.74) is 0.583. The van der Waals surface area contributed by atoms with Gasteiger partial charge in [-0.1, -0.05) is 17.4 Å². The summed E-state index contributed by atoms with van der Waals surface area (Å²) < 4.78 is 0.637. The summed E-state index contributed by atoms with van der Waals surface area (Å²) >= 11 is 2.57. The number of carbonyl (C=O) groups is 2. The maximum absolute atomic E-state index is 12.3. The lowest BCUT2D eigenvalue weighted by Crippen LogP contribution is -2.54. The van der Waals surface area contributed by atoms with Crippen LogP contribution in [0, 0.1) is 16.0 Å². The van der Waals surface area contributed by atoms with E-state index < -0.39 is 4.92 Å². The summed E-state index contributed by atoms with van der Waals surface area (Å²) in [6.07, 6.45) is 0. The van der Waals surface area contributed by atoms with Gasteiger partial charge in [0, 0.05) is 25.2 Å². The van der Waals surface area contributed by atoms with E-state index in [0.29, 0.717) is 33.3 Å². The van der Waals surface area contributed by atoms with Gasteiger partial charge in [0.05, 0.1) is 25.9 Å². The van der Waals surface area contributed by atoms with Crippen LogP contribution in [0.1, 0.15) is 9.67 Å². The molecule has 0 saturated carbocycles. The van der Waals surface area contributed by atoms with E-state index >= 15 is 0 Å². The van der Waals surface area contributed by atoms with Crippen molar-refractivity contribution in [3.8, 4) is 0 Å². The van der Waals surface area contributed by atoms with Gasteiger partial charge in [-0.25, -0.2) is 4.98 Å². The van der Waals surface area contributed by atoms with Crippen LogP contribution < -0.4 is 5.32 Å². The first-order valence-electron chi connectivity index (χ1n) is 7.70. The summed E-state index contributed by atoms with van der Waals surface area (Å²) in [6, 6.07) is 7.96. The van der Waals surface area contributed by atoms with Crippen LogP contribution in [-0.4, -0.2) is 39.7 Å². The van der Waals surface area contributed by atoms with Gasteiger partial charge in [-0.3, -0.25) is 19.7 Å². The van der Waals surface area contributed by atoms with Crippen molar-refractivity contribution in [3.63, 3.8) is 0 Å². The molecule has 2 amide bonds. The van der Waals surface area contributed by atoms with Crippen molar-refractivity contribution in [1.82, 2.24) is 9.88 Å². The molecule has 10 heteroatoms. The number of thiazole rings is 1. The minimum absolute atomic E-state index is 0.0132. The number of aromatic nitrogens is 1. The van der Waals surface area contributed by atoms with Crippen LogP contribution in [0.2, 0.25) is 0 Å². The molecular weight excluding hydrogens is 376 g/mol. The van der Waals surface area contributed by atoms with Gasteiger partial charge in [-0.15, -0.1) is 11.3 Å². The molecule has 1 N–H and O–H groups in total. The number of hydrogen-bond acceptors (Lipinski definition) is 7. The monoisotopic (exact) mass is 388 g/mol. The van der Waals surface area contributed by atoms with Gasteiger partial charge in [0.1, 0.15) is 0 Å². The summed E-state index contributed by atoms with van der Waals surface area (Å²) in [6.45, 7) is 0.748. The highest BCUT2D eigenvalue weighted by molar-refractivity contribution is 7.22. The maximum atomic E-state index is 12.3. The fourth-order valence-corrected chi connectivity index (χ4v) is 4.25. The van der Waals surface area contributed by atoms with Gasteiger partial charge in [-0.2, -0.15) is 0 Å². The molecule has 1 saturated heterocycles. The lowest BCUT2D eigenvalue weighted by Gasteiger charge is -2.37. The Kier molecular flexibility index (Phi) is 4.13. The minimum atomic E-state index is -0.467. The molecule has 0 unspecified atom stereocenters. The Morgan fingerprint density at radius 2 is 2.12 bits per heavy atom. The molecule has 0 aliphatic carbocycles. The van der Waals surface area contributed by atoms with Crippen LogP contribution in [0.3, 0.4) is 0 Å². The molecule has 8 nitrogen and oxygen atoms in total. The lowest BCUT2D eigenvalue weighted by molar-refractivity contribution is -0.384. The van der Waals surface area contributed by atoms with E-state index in [1.165, 1.54) is 34.8 Å². The number of benzene rings is 1. The largest absolute Gasteiger partial charge is 0.336 e. The highest BCUT2D eigenvalue weighted by Gasteiger charge is 2.36. The summed E-state index contributed by atoms with van der Waals surface area (Å²) in [4.78, 5) is 41.4. The normalized spacial score (nSPS) is 14.2. The lowest BCUT2D eigenvalue weighted by atomic mass is 9.99. The highest BCUT2D eigenvalue weighted by atomic mass is 32.1. The first kappa shape index (κ1) is 16.6. The standard InChI is InChI=1S/C16H12N4O4S2/c21-14(9-7-19(8-9)15(22)12-2-1-5-25-12)18-16-17-11-4-3-10(20(23)24)6-13(11)26-16/h1-6,9H,7-8H2,(H,17,18,21). The number of nitro benzene ring substituents is 1. The minimum Gasteiger partial charge on any atom is -0.336 e. The van der Waals surface area contributed by atoms with E-state index in [9.17, 15) is 19.7 Å². The number of likely N-dealkylation sites (tertiary alicyclic amines) is 1. The number of carbonyl (C=O) groups excluding carboxylic acids is 2. The third kappa shape index (κ3) is 3.04. The van der Waals surface area contributed by atoms with Crippen molar-refractivity contribution >= 4 is 55.5 Å². The van der Waals surface area contributed by atoms with E-state index in [-0.39, 0.29) is 23.4 Å². The second kappa shape index (κ2) is 6.46. The number of nitrogens with one attached hydrogen (secondary N) is 1. The predicted molar refractivity (Wildman–Crippen MR) is 98.6 cm³/mol. The third-order valence-electron chi connectivity index (χ3n) is 4.08. The molecule has 0 atom stereocenters. The fraction of sp³-hybridized carbons (Fsp3) is 0.188. The first-order valence-corrected chi connectivity index (χ1v) is 9.39. The summed E-state index contributed by atoms with van der Waals surface area (Å²) in [5, 5.41) is 15.8. The number of nitro groups is 1. The quantitative estimate of drug-likeness (QED) is 0.546. The van der Waals surface area contributed by atoms with Crippen LogP contribution in [0.15, 0.2) is 35.7 Å². The molecule has 1 aliphatic heterocycles. The van der Waals surface area contributed by atoms with E-state index in [2.05, 4.69) is 10.3 Å². The molecular formula is C16H12N4O4S2. The van der Waals surface area contributed by atoms with Crippen LogP contribution >= 0.6 is 22.7 Å². The summed E-state index contributed by atoms with van der Waals surface area (Å²) in [7, 11) is 0. The number of thiophene rings is 1. The molecule has 2 aromatic heterocycles. The molecule has 0 spiro atoms. The Bertz CT molecular complexity index is 1010. The van der Waals surface area contributed by atoms with Gasteiger partial charge >= 0.3 is 0 Å². The van der Waals surface area contributed by atoms with E-state index in [1.807, 2.05) is 11.4 Å². The van der Waals surface area contributed by atoms with Crippen molar-refractivity contribution < 1.29 is 14.5 Å². The molecule has 26 heavy (non-hydrogen) atoms. The van der Waals surface area contributed by atoms with Crippen molar-refractivity contribution in [3.05, 3.63) is 50.7 Å². The Morgan fingerprint density at radius 3 is 2.81 bits per heavy atom. The molecule has 4 rings (SSSR count). The average molecular weight is 388 g/mol.